The van der Waals surface area contributed by atoms with E-state index in [1.54, 1.807) is 0 Å². The summed E-state index contributed by atoms with van der Waals surface area (Å²) in [6.07, 6.45) is 0.966. The van der Waals surface area contributed by atoms with Crippen molar-refractivity contribution in [3.63, 3.8) is 0 Å². The molecule has 0 amide bonds. The second-order valence-corrected chi connectivity index (χ2v) is 20.6. The summed E-state index contributed by atoms with van der Waals surface area (Å²) in [7, 11) is 15.3. The van der Waals surface area contributed by atoms with E-state index < -0.39 is 11.9 Å². The van der Waals surface area contributed by atoms with Gasteiger partial charge in [-0.15, -0.1) is 0 Å². The number of aryl methyl sites for hydroxylation is 3. The average Bonchev–Trinajstić information content (AvgIpc) is 3.01. The molecule has 3 aromatic carbocycles. The number of hydrogen-bond acceptors (Lipinski definition) is 2. The number of nitrogens with zero attached hydrogens (tertiary/aromatic N) is 1. The van der Waals surface area contributed by atoms with Gasteiger partial charge in [-0.3, -0.25) is 0 Å². The zero-order valence-electron chi connectivity index (χ0n) is 23.2. The Labute approximate surface area is 233 Å². The van der Waals surface area contributed by atoms with Crippen molar-refractivity contribution in [2.45, 2.75) is 78.9 Å². The number of halogens is 2. The zero-order chi connectivity index (χ0) is 27.2. The molecule has 1 heterocycles. The summed E-state index contributed by atoms with van der Waals surface area (Å²) in [6.45, 7) is 17.6. The number of anilines is 1. The number of para-hydroxylation sites is 1. The summed E-state index contributed by atoms with van der Waals surface area (Å²) < 4.78 is 9.41. The van der Waals surface area contributed by atoms with E-state index in [-0.39, 0.29) is 17.1 Å². The zero-order valence-corrected chi connectivity index (χ0v) is 26.4. The Hall–Kier alpha value is -1.80. The quantitative estimate of drug-likeness (QED) is 0.263. The van der Waals surface area contributed by atoms with Crippen LogP contribution in [0.5, 0.6) is 5.75 Å². The maximum atomic E-state index is 7.67. The molecule has 2 nitrogen and oxygen atoms in total. The summed E-state index contributed by atoms with van der Waals surface area (Å²) in [6, 6.07) is 23.3. The van der Waals surface area contributed by atoms with Crippen molar-refractivity contribution in [3.05, 3.63) is 94.5 Å². The molecule has 0 bridgehead atoms. The molecular formula is C32H39Cl2NORu-4. The Morgan fingerprint density at radius 3 is 2.05 bits per heavy atom. The summed E-state index contributed by atoms with van der Waals surface area (Å²) >= 11 is -3.65. The van der Waals surface area contributed by atoms with Gasteiger partial charge in [0.15, 0.2) is 0 Å². The van der Waals surface area contributed by atoms with Gasteiger partial charge in [0.05, 0.1) is 0 Å². The Bertz CT molecular complexity index is 1400. The van der Waals surface area contributed by atoms with E-state index >= 15 is 0 Å². The van der Waals surface area contributed by atoms with Crippen LogP contribution in [0, 0.1) is 20.8 Å². The molecule has 0 aliphatic carbocycles. The van der Waals surface area contributed by atoms with E-state index in [1.807, 2.05) is 32.0 Å². The van der Waals surface area contributed by atoms with Gasteiger partial charge in [0, 0.05) is 0 Å². The second kappa shape index (κ2) is 10.4. The number of ether oxygens (including phenoxy) is 1. The molecule has 204 valence electrons. The summed E-state index contributed by atoms with van der Waals surface area (Å²) in [4.78, 5) is 2.50. The third kappa shape index (κ3) is 5.51. The molecule has 0 spiro atoms. The van der Waals surface area contributed by atoms with E-state index in [0.29, 0.717) is 0 Å². The first-order valence-electron chi connectivity index (χ1n) is 12.8. The molecule has 0 radical (unpaired) electrons. The van der Waals surface area contributed by atoms with Gasteiger partial charge in [0.25, 0.3) is 0 Å². The maximum absolute atomic E-state index is 7.67. The van der Waals surface area contributed by atoms with Crippen molar-refractivity contribution >= 4 is 33.9 Å². The van der Waals surface area contributed by atoms with Crippen LogP contribution in [0.25, 0.3) is 0 Å². The minimum atomic E-state index is -3.65. The number of hydrogen-bond donors (Lipinski definition) is 0. The van der Waals surface area contributed by atoms with Crippen LogP contribution in [0.4, 0.5) is 5.69 Å². The average molecular weight is 626 g/mol. The molecule has 4 rings (SSSR count). The van der Waals surface area contributed by atoms with Crippen molar-refractivity contribution in [3.8, 4) is 5.75 Å². The molecule has 3 aromatic rings. The third-order valence-electron chi connectivity index (χ3n) is 7.04. The minimum absolute atomic E-state index is 0.0574. The van der Waals surface area contributed by atoms with Crippen molar-refractivity contribution in [1.82, 2.24) is 0 Å². The first kappa shape index (κ1) is 28.2. The Kier molecular flexibility index (Phi) is 7.93. The monoisotopic (exact) mass is 625 g/mol. The van der Waals surface area contributed by atoms with Crippen LogP contribution in [-0.4, -0.2) is 20.5 Å². The predicted molar refractivity (Wildman–Crippen MR) is 160 cm³/mol. The van der Waals surface area contributed by atoms with Crippen LogP contribution in [0.1, 0.15) is 68.9 Å². The fourth-order valence-corrected chi connectivity index (χ4v) is 13.6. The first-order valence-corrected chi connectivity index (χ1v) is 19.2. The summed E-state index contributed by atoms with van der Waals surface area (Å²) in [5.74, 6) is 0.817. The van der Waals surface area contributed by atoms with Gasteiger partial charge in [0.2, 0.25) is 0 Å². The van der Waals surface area contributed by atoms with Crippen LogP contribution < -0.4 is 9.64 Å². The second-order valence-electron chi connectivity index (χ2n) is 11.3. The molecule has 0 aromatic heterocycles. The molecule has 37 heavy (non-hydrogen) atoms. The van der Waals surface area contributed by atoms with E-state index in [1.165, 1.54) is 27.9 Å². The van der Waals surface area contributed by atoms with E-state index in [2.05, 4.69) is 99.6 Å². The fourth-order valence-electron chi connectivity index (χ4n) is 5.95. The van der Waals surface area contributed by atoms with Crippen LogP contribution in [0.3, 0.4) is 0 Å². The Morgan fingerprint density at radius 1 is 0.892 bits per heavy atom. The van der Waals surface area contributed by atoms with Gasteiger partial charge in [0.1, 0.15) is 0 Å². The van der Waals surface area contributed by atoms with Gasteiger partial charge in [-0.2, -0.15) is 0 Å². The van der Waals surface area contributed by atoms with Crippen LogP contribution >= 0.6 is 19.4 Å². The van der Waals surface area contributed by atoms with Crippen molar-refractivity contribution in [2.24, 2.45) is 0 Å². The van der Waals surface area contributed by atoms with Crippen LogP contribution in [0.2, 0.25) is 0 Å². The third-order valence-corrected chi connectivity index (χ3v) is 13.1. The van der Waals surface area contributed by atoms with Crippen LogP contribution in [0.15, 0.2) is 66.7 Å². The number of benzene rings is 3. The topological polar surface area (TPSA) is 12.5 Å². The van der Waals surface area contributed by atoms with Crippen molar-refractivity contribution in [2.75, 3.05) is 4.90 Å². The van der Waals surface area contributed by atoms with Gasteiger partial charge >= 0.3 is 235 Å². The molecule has 1 aliphatic heterocycles. The predicted octanol–water partition coefficient (Wildman–Crippen LogP) is 8.79. The first-order chi connectivity index (χ1) is 17.3. The molecule has 1 unspecified atom stereocenters. The summed E-state index contributed by atoms with van der Waals surface area (Å²) in [5.41, 5.74) is 6.65. The molecule has 1 aliphatic rings. The molecular weight excluding hydrogens is 586 g/mol. The van der Waals surface area contributed by atoms with E-state index in [0.717, 1.165) is 22.0 Å². The Morgan fingerprint density at radius 2 is 1.46 bits per heavy atom. The fraction of sp³-hybridized carbons (Fsp3) is 0.375. The molecule has 5 heteroatoms. The summed E-state index contributed by atoms with van der Waals surface area (Å²) in [5, 5.41) is 0. The van der Waals surface area contributed by atoms with Gasteiger partial charge < -0.3 is 0 Å². The number of rotatable bonds is 5. The van der Waals surface area contributed by atoms with Crippen LogP contribution in [-0.2, 0) is 17.3 Å². The van der Waals surface area contributed by atoms with Gasteiger partial charge in [-0.05, 0) is 0 Å². The molecule has 1 fully saturated rings. The van der Waals surface area contributed by atoms with E-state index in [4.69, 9.17) is 24.1 Å². The van der Waals surface area contributed by atoms with Gasteiger partial charge in [-0.1, -0.05) is 0 Å². The SMILES string of the molecule is Cc1cc(C)c(N2[C](=[Ru-4]([Cl])([Cl])=[CH]c3ccccc3OC(C)C)C(C)(c3ccccc3)CC2(C)C)c(C)c1. The Balaban J connectivity index is 2.13. The van der Waals surface area contributed by atoms with Gasteiger partial charge in [-0.25, -0.2) is 0 Å². The van der Waals surface area contributed by atoms with E-state index in [9.17, 15) is 0 Å². The standard InChI is InChI=1S/C22H27N.C10H12O.2ClH.Ru/c1-16-12-17(2)20(18(3)13-16)23-15-22(6,14-21(23,4)5)19-10-8-7-9-11-19;1-8(2)11-10-7-5-4-6-9(10)3;;;/h7-13H,14H2,1-6H3;3-8H,1-2H3;2*1H;/q;;;;-2/p-2. The molecule has 0 saturated carbocycles. The normalized spacial score (nSPS) is 19.9. The molecule has 0 N–H and O–H groups in total. The molecule has 1 atom stereocenters. The van der Waals surface area contributed by atoms with Crippen molar-refractivity contribution < 1.29 is 16.6 Å². The molecule has 1 saturated heterocycles. The van der Waals surface area contributed by atoms with Crippen molar-refractivity contribution in [1.29, 1.82) is 0 Å².